The van der Waals surface area contributed by atoms with Crippen molar-refractivity contribution in [3.8, 4) is 10.6 Å². The minimum atomic E-state index is -4.60. The predicted molar refractivity (Wildman–Crippen MR) is 87.7 cm³/mol. The van der Waals surface area contributed by atoms with E-state index in [4.69, 9.17) is 0 Å². The van der Waals surface area contributed by atoms with E-state index in [2.05, 4.69) is 9.97 Å². The van der Waals surface area contributed by atoms with E-state index >= 15 is 0 Å². The van der Waals surface area contributed by atoms with Crippen molar-refractivity contribution in [3.05, 3.63) is 28.8 Å². The Labute approximate surface area is 146 Å². The van der Waals surface area contributed by atoms with Gasteiger partial charge in [0.05, 0.1) is 16.5 Å². The van der Waals surface area contributed by atoms with Crippen LogP contribution < -0.4 is 4.90 Å². The van der Waals surface area contributed by atoms with Gasteiger partial charge in [0.15, 0.2) is 5.69 Å². The first-order valence-electron chi connectivity index (χ1n) is 7.75. The third-order valence-corrected chi connectivity index (χ3v) is 5.07. The maximum absolute atomic E-state index is 13.2. The summed E-state index contributed by atoms with van der Waals surface area (Å²) >= 11 is 1.35. The molecule has 5 nitrogen and oxygen atoms in total. The highest BCUT2D eigenvalue weighted by atomic mass is 32.1. The van der Waals surface area contributed by atoms with E-state index in [1.54, 1.807) is 6.07 Å². The molecule has 1 atom stereocenters. The number of thiophene rings is 1. The molecule has 0 aromatic carbocycles. The summed E-state index contributed by atoms with van der Waals surface area (Å²) in [5.41, 5.74) is -0.816. The Morgan fingerprint density at radius 1 is 1.36 bits per heavy atom. The smallest absolute Gasteiger partial charge is 0.433 e. The highest BCUT2D eigenvalue weighted by Crippen LogP contribution is 2.34. The van der Waals surface area contributed by atoms with Crippen molar-refractivity contribution in [3.63, 3.8) is 0 Å². The number of nitrogens with zero attached hydrogens (tertiary/aromatic N) is 3. The van der Waals surface area contributed by atoms with Crippen molar-refractivity contribution in [1.29, 1.82) is 0 Å². The number of halogens is 3. The number of hydrogen-bond donors (Lipinski definition) is 1. The zero-order valence-corrected chi connectivity index (χ0v) is 14.2. The highest BCUT2D eigenvalue weighted by Gasteiger charge is 2.35. The Balaban J connectivity index is 2.02. The molecule has 1 saturated heterocycles. The van der Waals surface area contributed by atoms with Crippen LogP contribution in [0.4, 0.5) is 19.1 Å². The fourth-order valence-corrected chi connectivity index (χ4v) is 3.61. The number of aryl methyl sites for hydroxylation is 1. The highest BCUT2D eigenvalue weighted by molar-refractivity contribution is 7.15. The molecule has 2 aromatic heterocycles. The number of rotatable bonds is 3. The first kappa shape index (κ1) is 17.7. The summed E-state index contributed by atoms with van der Waals surface area (Å²) in [5, 5.41) is 9.18. The van der Waals surface area contributed by atoms with Crippen molar-refractivity contribution >= 4 is 23.3 Å². The van der Waals surface area contributed by atoms with E-state index in [-0.39, 0.29) is 18.2 Å². The summed E-state index contributed by atoms with van der Waals surface area (Å²) in [6, 6.07) is 4.48. The third kappa shape index (κ3) is 3.92. The summed E-state index contributed by atoms with van der Waals surface area (Å²) in [6.45, 7) is 2.41. The van der Waals surface area contributed by atoms with Crippen LogP contribution in [0.2, 0.25) is 0 Å². The predicted octanol–water partition coefficient (Wildman–Crippen LogP) is 3.83. The number of carboxylic acid groups (broad SMARTS) is 1. The SMILES string of the molecule is Cc1ccc(-c2cc(C(F)(F)F)nc(N3CCCC(C(=O)O)C3)n2)s1. The number of anilines is 1. The number of piperidine rings is 1. The summed E-state index contributed by atoms with van der Waals surface area (Å²) < 4.78 is 39.7. The van der Waals surface area contributed by atoms with Gasteiger partial charge in [-0.05, 0) is 38.0 Å². The lowest BCUT2D eigenvalue weighted by molar-refractivity contribution is -0.142. The Hall–Kier alpha value is -2.16. The van der Waals surface area contributed by atoms with E-state index in [0.717, 1.165) is 10.9 Å². The lowest BCUT2D eigenvalue weighted by atomic mass is 9.99. The Bertz CT molecular complexity index is 791. The minimum absolute atomic E-state index is 0.0678. The van der Waals surface area contributed by atoms with Crippen LogP contribution in [0.15, 0.2) is 18.2 Å². The van der Waals surface area contributed by atoms with Crippen molar-refractivity contribution in [2.45, 2.75) is 25.9 Å². The molecule has 1 fully saturated rings. The van der Waals surface area contributed by atoms with Crippen molar-refractivity contribution in [2.75, 3.05) is 18.0 Å². The first-order valence-corrected chi connectivity index (χ1v) is 8.56. The number of aromatic nitrogens is 2. The molecule has 3 heterocycles. The molecule has 3 rings (SSSR count). The van der Waals surface area contributed by atoms with Gasteiger partial charge in [-0.2, -0.15) is 13.2 Å². The number of hydrogen-bond acceptors (Lipinski definition) is 5. The Kier molecular flexibility index (Phi) is 4.68. The van der Waals surface area contributed by atoms with Crippen LogP contribution in [0.5, 0.6) is 0 Å². The molecule has 1 aliphatic rings. The van der Waals surface area contributed by atoms with Gasteiger partial charge in [-0.3, -0.25) is 4.79 Å². The molecule has 1 N–H and O–H groups in total. The van der Waals surface area contributed by atoms with Crippen LogP contribution >= 0.6 is 11.3 Å². The zero-order valence-electron chi connectivity index (χ0n) is 13.4. The number of carboxylic acids is 1. The fraction of sp³-hybridized carbons (Fsp3) is 0.438. The van der Waals surface area contributed by atoms with Crippen LogP contribution in [0.25, 0.3) is 10.6 Å². The molecule has 25 heavy (non-hydrogen) atoms. The number of aliphatic carboxylic acids is 1. The molecular weight excluding hydrogens is 355 g/mol. The lowest BCUT2D eigenvalue weighted by Crippen LogP contribution is -2.39. The van der Waals surface area contributed by atoms with E-state index in [9.17, 15) is 23.1 Å². The molecule has 9 heteroatoms. The standard InChI is InChI=1S/C16H16F3N3O2S/c1-9-4-5-12(25-9)11-7-13(16(17,18)19)21-15(20-11)22-6-2-3-10(8-22)14(23)24/h4-5,7,10H,2-3,6,8H2,1H3,(H,23,24). The van der Waals surface area contributed by atoms with E-state index in [0.29, 0.717) is 24.3 Å². The average molecular weight is 371 g/mol. The molecule has 0 spiro atoms. The quantitative estimate of drug-likeness (QED) is 0.888. The molecule has 0 bridgehead atoms. The van der Waals surface area contributed by atoms with Crippen LogP contribution in [0.3, 0.4) is 0 Å². The molecule has 2 aromatic rings. The van der Waals surface area contributed by atoms with Crippen molar-refractivity contribution in [2.24, 2.45) is 5.92 Å². The fourth-order valence-electron chi connectivity index (χ4n) is 2.78. The molecular formula is C16H16F3N3O2S. The third-order valence-electron chi connectivity index (χ3n) is 4.05. The van der Waals surface area contributed by atoms with Gasteiger partial charge in [0, 0.05) is 18.0 Å². The summed E-state index contributed by atoms with van der Waals surface area (Å²) in [5.74, 6) is -1.65. The molecule has 1 unspecified atom stereocenters. The van der Waals surface area contributed by atoms with Crippen LogP contribution in [-0.4, -0.2) is 34.1 Å². The molecule has 0 amide bonds. The van der Waals surface area contributed by atoms with Gasteiger partial charge < -0.3 is 10.0 Å². The van der Waals surface area contributed by atoms with Gasteiger partial charge in [-0.25, -0.2) is 9.97 Å². The molecule has 1 aliphatic heterocycles. The van der Waals surface area contributed by atoms with Crippen LogP contribution in [0.1, 0.15) is 23.4 Å². The van der Waals surface area contributed by atoms with Gasteiger partial charge in [0.2, 0.25) is 5.95 Å². The van der Waals surface area contributed by atoms with Crippen molar-refractivity contribution in [1.82, 2.24) is 9.97 Å². The average Bonchev–Trinajstić information content (AvgIpc) is 3.00. The van der Waals surface area contributed by atoms with Crippen molar-refractivity contribution < 1.29 is 23.1 Å². The second-order valence-electron chi connectivity index (χ2n) is 5.97. The van der Waals surface area contributed by atoms with Gasteiger partial charge in [-0.15, -0.1) is 11.3 Å². The molecule has 0 saturated carbocycles. The maximum Gasteiger partial charge on any atom is 0.433 e. The van der Waals surface area contributed by atoms with Gasteiger partial charge >= 0.3 is 12.1 Å². The molecule has 134 valence electrons. The lowest BCUT2D eigenvalue weighted by Gasteiger charge is -2.31. The summed E-state index contributed by atoms with van der Waals surface area (Å²) in [6.07, 6.45) is -3.52. The minimum Gasteiger partial charge on any atom is -0.481 e. The maximum atomic E-state index is 13.2. The molecule has 0 aliphatic carbocycles. The Morgan fingerprint density at radius 2 is 2.12 bits per heavy atom. The summed E-state index contributed by atoms with van der Waals surface area (Å²) in [7, 11) is 0. The van der Waals surface area contributed by atoms with Crippen LogP contribution in [0, 0.1) is 12.8 Å². The largest absolute Gasteiger partial charge is 0.481 e. The Morgan fingerprint density at radius 3 is 2.72 bits per heavy atom. The second kappa shape index (κ2) is 6.62. The molecule has 0 radical (unpaired) electrons. The normalized spacial score (nSPS) is 18.4. The second-order valence-corrected chi connectivity index (χ2v) is 7.26. The first-order chi connectivity index (χ1) is 11.7. The van der Waals surface area contributed by atoms with E-state index in [1.165, 1.54) is 16.2 Å². The van der Waals surface area contributed by atoms with Gasteiger partial charge in [-0.1, -0.05) is 0 Å². The zero-order chi connectivity index (χ0) is 18.2. The number of alkyl halides is 3. The van der Waals surface area contributed by atoms with E-state index in [1.807, 2.05) is 13.0 Å². The van der Waals surface area contributed by atoms with Gasteiger partial charge in [0.25, 0.3) is 0 Å². The van der Waals surface area contributed by atoms with Crippen LogP contribution in [-0.2, 0) is 11.0 Å². The number of carbonyl (C=O) groups is 1. The van der Waals surface area contributed by atoms with E-state index < -0.39 is 23.8 Å². The topological polar surface area (TPSA) is 66.3 Å². The van der Waals surface area contributed by atoms with Gasteiger partial charge in [0.1, 0.15) is 0 Å². The monoisotopic (exact) mass is 371 g/mol. The summed E-state index contributed by atoms with van der Waals surface area (Å²) in [4.78, 5) is 22.3.